The zero-order chi connectivity index (χ0) is 16.4. The van der Waals surface area contributed by atoms with E-state index in [2.05, 4.69) is 5.32 Å². The van der Waals surface area contributed by atoms with E-state index in [1.165, 1.54) is 33.5 Å². The number of fused-ring (bicyclic) bond motifs is 2. The molecule has 1 aromatic rings. The van der Waals surface area contributed by atoms with Gasteiger partial charge in [0.1, 0.15) is 11.3 Å². The number of hydrogen-bond acceptors (Lipinski definition) is 4. The fourth-order valence-corrected chi connectivity index (χ4v) is 4.02. The Bertz CT molecular complexity index is 613. The number of methoxy groups -OCH3 is 2. The minimum Gasteiger partial charge on any atom is -0.496 e. The summed E-state index contributed by atoms with van der Waals surface area (Å²) in [7, 11) is 2.85. The van der Waals surface area contributed by atoms with Crippen molar-refractivity contribution in [3.63, 3.8) is 0 Å². The third kappa shape index (κ3) is 3.19. The van der Waals surface area contributed by atoms with E-state index >= 15 is 0 Å². The van der Waals surface area contributed by atoms with Gasteiger partial charge in [0.15, 0.2) is 0 Å². The Morgan fingerprint density at radius 1 is 1.22 bits per heavy atom. The van der Waals surface area contributed by atoms with Crippen molar-refractivity contribution in [1.82, 2.24) is 5.32 Å². The van der Waals surface area contributed by atoms with Gasteiger partial charge in [-0.25, -0.2) is 4.79 Å². The Morgan fingerprint density at radius 2 is 2.04 bits per heavy atom. The topological polar surface area (TPSA) is 64.6 Å². The first kappa shape index (κ1) is 15.8. The number of nitrogens with one attached hydrogen (secondary N) is 1. The molecule has 0 spiro atoms. The van der Waals surface area contributed by atoms with E-state index in [0.29, 0.717) is 23.8 Å². The Morgan fingerprint density at radius 3 is 2.65 bits per heavy atom. The quantitative estimate of drug-likeness (QED) is 0.848. The molecule has 2 aliphatic rings. The molecule has 5 heteroatoms. The van der Waals surface area contributed by atoms with Crippen molar-refractivity contribution < 1.29 is 19.1 Å². The Balaban J connectivity index is 1.64. The number of rotatable bonds is 5. The molecule has 2 fully saturated rings. The van der Waals surface area contributed by atoms with Gasteiger partial charge in [0.25, 0.3) is 0 Å². The molecule has 1 aromatic carbocycles. The monoisotopic (exact) mass is 317 g/mol. The van der Waals surface area contributed by atoms with Crippen LogP contribution in [0.4, 0.5) is 0 Å². The first-order chi connectivity index (χ1) is 11.1. The Kier molecular flexibility index (Phi) is 4.55. The van der Waals surface area contributed by atoms with Gasteiger partial charge in [-0.3, -0.25) is 4.79 Å². The van der Waals surface area contributed by atoms with E-state index in [0.717, 1.165) is 17.9 Å². The second-order valence-electron chi connectivity index (χ2n) is 6.53. The molecule has 0 radical (unpaired) electrons. The lowest BCUT2D eigenvalue weighted by Crippen LogP contribution is -2.33. The third-order valence-electron chi connectivity index (χ3n) is 5.21. The maximum absolute atomic E-state index is 12.4. The lowest BCUT2D eigenvalue weighted by atomic mass is 9.88. The van der Waals surface area contributed by atoms with E-state index in [1.807, 2.05) is 6.07 Å². The smallest absolute Gasteiger partial charge is 0.341 e. The molecule has 3 rings (SSSR count). The molecule has 0 aliphatic heterocycles. The van der Waals surface area contributed by atoms with E-state index in [1.54, 1.807) is 12.1 Å². The van der Waals surface area contributed by atoms with E-state index in [4.69, 9.17) is 9.47 Å². The van der Waals surface area contributed by atoms with Crippen LogP contribution in [0.15, 0.2) is 18.2 Å². The van der Waals surface area contributed by atoms with Gasteiger partial charge >= 0.3 is 5.97 Å². The molecule has 0 heterocycles. The molecule has 23 heavy (non-hydrogen) atoms. The lowest BCUT2D eigenvalue weighted by Gasteiger charge is -2.21. The van der Waals surface area contributed by atoms with Crippen LogP contribution >= 0.6 is 0 Å². The van der Waals surface area contributed by atoms with Crippen molar-refractivity contribution in [3.8, 4) is 5.75 Å². The number of amides is 1. The normalized spacial score (nSPS) is 25.2. The number of carbonyl (C=O) groups is 2. The number of carbonyl (C=O) groups excluding carboxylic acids is 2. The maximum atomic E-state index is 12.4. The molecule has 2 bridgehead atoms. The number of esters is 1. The number of hydrogen-bond donors (Lipinski definition) is 1. The van der Waals surface area contributed by atoms with Crippen LogP contribution in [0.3, 0.4) is 0 Å². The number of benzene rings is 1. The predicted molar refractivity (Wildman–Crippen MR) is 85.1 cm³/mol. The average Bonchev–Trinajstić information content (AvgIpc) is 3.22. The highest BCUT2D eigenvalue weighted by Crippen LogP contribution is 2.48. The van der Waals surface area contributed by atoms with Gasteiger partial charge < -0.3 is 14.8 Å². The summed E-state index contributed by atoms with van der Waals surface area (Å²) in [6.07, 6.45) is 4.73. The van der Waals surface area contributed by atoms with E-state index in [9.17, 15) is 9.59 Å². The molecule has 0 saturated heterocycles. The van der Waals surface area contributed by atoms with Crippen molar-refractivity contribution in [2.24, 2.45) is 17.8 Å². The van der Waals surface area contributed by atoms with Crippen molar-refractivity contribution in [3.05, 3.63) is 29.3 Å². The summed E-state index contributed by atoms with van der Waals surface area (Å²) in [4.78, 5) is 24.2. The summed E-state index contributed by atoms with van der Waals surface area (Å²) in [6, 6.07) is 5.30. The van der Waals surface area contributed by atoms with Crippen molar-refractivity contribution in [2.75, 3.05) is 14.2 Å². The van der Waals surface area contributed by atoms with Crippen molar-refractivity contribution in [2.45, 2.75) is 32.2 Å². The summed E-state index contributed by atoms with van der Waals surface area (Å²) in [5.74, 6) is 1.67. The highest BCUT2D eigenvalue weighted by Gasteiger charge is 2.42. The van der Waals surface area contributed by atoms with Gasteiger partial charge in [-0.1, -0.05) is 12.5 Å². The molecule has 124 valence electrons. The Hall–Kier alpha value is -2.04. The summed E-state index contributed by atoms with van der Waals surface area (Å²) < 4.78 is 9.94. The Labute approximate surface area is 136 Å². The van der Waals surface area contributed by atoms with Crippen molar-refractivity contribution >= 4 is 11.9 Å². The van der Waals surface area contributed by atoms with Gasteiger partial charge in [0.05, 0.1) is 14.2 Å². The first-order valence-electron chi connectivity index (χ1n) is 8.15. The summed E-state index contributed by atoms with van der Waals surface area (Å²) in [5.41, 5.74) is 1.24. The second kappa shape index (κ2) is 6.60. The maximum Gasteiger partial charge on any atom is 0.341 e. The van der Waals surface area contributed by atoms with Crippen LogP contribution in [0.25, 0.3) is 0 Å². The zero-order valence-corrected chi connectivity index (χ0v) is 13.6. The molecule has 3 atom stereocenters. The van der Waals surface area contributed by atoms with Crippen LogP contribution in [0.1, 0.15) is 41.6 Å². The molecule has 1 amide bonds. The van der Waals surface area contributed by atoms with Crippen LogP contribution in [0.5, 0.6) is 5.75 Å². The van der Waals surface area contributed by atoms with Crippen LogP contribution in [0, 0.1) is 17.8 Å². The second-order valence-corrected chi connectivity index (χ2v) is 6.53. The molecule has 2 saturated carbocycles. The SMILES string of the molecule is COC(=O)c1cc(CNC(=O)C2CC3CCC2C3)ccc1OC. The average molecular weight is 317 g/mol. The molecule has 3 unspecified atom stereocenters. The highest BCUT2D eigenvalue weighted by atomic mass is 16.5. The van der Waals surface area contributed by atoms with E-state index < -0.39 is 5.97 Å². The van der Waals surface area contributed by atoms with Crippen molar-refractivity contribution in [1.29, 1.82) is 0 Å². The largest absolute Gasteiger partial charge is 0.496 e. The summed E-state index contributed by atoms with van der Waals surface area (Å²) >= 11 is 0. The fourth-order valence-electron chi connectivity index (χ4n) is 4.02. The third-order valence-corrected chi connectivity index (χ3v) is 5.21. The number of ether oxygens (including phenoxy) is 2. The van der Waals surface area contributed by atoms with Gasteiger partial charge in [-0.2, -0.15) is 0 Å². The summed E-state index contributed by atoms with van der Waals surface area (Å²) in [6.45, 7) is 0.417. The standard InChI is InChI=1S/C18H23NO4/c1-22-16-6-4-12(9-15(16)18(21)23-2)10-19-17(20)14-8-11-3-5-13(14)7-11/h4,6,9,11,13-14H,3,5,7-8,10H2,1-2H3,(H,19,20). The van der Waals surface area contributed by atoms with Crippen LogP contribution < -0.4 is 10.1 Å². The molecule has 5 nitrogen and oxygen atoms in total. The molecule has 0 aromatic heterocycles. The minimum absolute atomic E-state index is 0.146. The van der Waals surface area contributed by atoms with E-state index in [-0.39, 0.29) is 11.8 Å². The predicted octanol–water partition coefficient (Wildman–Crippen LogP) is 2.53. The lowest BCUT2D eigenvalue weighted by molar-refractivity contribution is -0.126. The van der Waals surface area contributed by atoms with Crippen LogP contribution in [0.2, 0.25) is 0 Å². The molecule has 2 aliphatic carbocycles. The van der Waals surface area contributed by atoms with Gasteiger partial charge in [0.2, 0.25) is 5.91 Å². The van der Waals surface area contributed by atoms with Crippen LogP contribution in [-0.4, -0.2) is 26.1 Å². The first-order valence-corrected chi connectivity index (χ1v) is 8.15. The van der Waals surface area contributed by atoms with Gasteiger partial charge in [0, 0.05) is 12.5 Å². The van der Waals surface area contributed by atoms with Gasteiger partial charge in [-0.15, -0.1) is 0 Å². The fraction of sp³-hybridized carbons (Fsp3) is 0.556. The molecular weight excluding hydrogens is 294 g/mol. The minimum atomic E-state index is -0.442. The van der Waals surface area contributed by atoms with Gasteiger partial charge in [-0.05, 0) is 48.8 Å². The summed E-state index contributed by atoms with van der Waals surface area (Å²) in [5, 5.41) is 3.02. The molecule has 1 N–H and O–H groups in total. The molecular formula is C18H23NO4. The highest BCUT2D eigenvalue weighted by molar-refractivity contribution is 5.92. The zero-order valence-electron chi connectivity index (χ0n) is 13.6. The van der Waals surface area contributed by atoms with Crippen LogP contribution in [-0.2, 0) is 16.1 Å².